The molecular weight excluding hydrogens is 614 g/mol. The van der Waals surface area contributed by atoms with Gasteiger partial charge in [0.15, 0.2) is 5.82 Å². The highest BCUT2D eigenvalue weighted by atomic mass is 35.5. The SMILES string of the molecule is Nc1cc(Cl)c(C(F)(F)F)c(-c2c(Cl)cc3c(N4CC5CCC(C4)N5)nc(OC[C@@]45CCCN4C[C@H](F)C5)nc3c2F)c1. The van der Waals surface area contributed by atoms with Crippen LogP contribution in [0.1, 0.15) is 37.7 Å². The molecule has 4 atom stereocenters. The summed E-state index contributed by atoms with van der Waals surface area (Å²) in [5, 5.41) is 2.84. The fourth-order valence-electron chi connectivity index (χ4n) is 7.44. The molecule has 2 unspecified atom stereocenters. The summed E-state index contributed by atoms with van der Waals surface area (Å²) in [5.74, 6) is -0.699. The number of nitrogens with two attached hydrogens (primary N) is 1. The fourth-order valence-corrected chi connectivity index (χ4v) is 8.07. The molecule has 0 spiro atoms. The Morgan fingerprint density at radius 2 is 1.81 bits per heavy atom. The lowest BCUT2D eigenvalue weighted by Gasteiger charge is -2.34. The molecule has 4 fully saturated rings. The van der Waals surface area contributed by atoms with Gasteiger partial charge in [-0.2, -0.15) is 23.1 Å². The number of aromatic nitrogens is 2. The van der Waals surface area contributed by atoms with Gasteiger partial charge in [0.25, 0.3) is 0 Å². The smallest absolute Gasteiger partial charge is 0.418 e. The van der Waals surface area contributed by atoms with Crippen molar-refractivity contribution in [3.8, 4) is 17.1 Å². The number of nitrogens with one attached hydrogen (secondary N) is 1. The number of anilines is 2. The topological polar surface area (TPSA) is 79.5 Å². The molecule has 0 aliphatic carbocycles. The largest absolute Gasteiger partial charge is 0.461 e. The van der Waals surface area contributed by atoms with E-state index in [-0.39, 0.29) is 46.3 Å². The van der Waals surface area contributed by atoms with E-state index >= 15 is 4.39 Å². The lowest BCUT2D eigenvalue weighted by molar-refractivity contribution is -0.137. The van der Waals surface area contributed by atoms with E-state index in [1.165, 1.54) is 6.07 Å². The standard InChI is InChI=1S/C29H29Cl2F5N6O/c30-20-8-19-25(24(33)22(20)18-6-15(37)7-21(31)23(18)29(34,35)36)39-27(40-26(19)41-11-16-2-3-17(12-41)38-16)43-13-28-4-1-5-42(28)10-14(32)9-28/h6-8,14,16-17,38H,1-5,9-13,37H2/t14-,16?,17?,28+/m1/s1. The van der Waals surface area contributed by atoms with E-state index < -0.39 is 45.4 Å². The molecule has 3 aromatic rings. The first kappa shape index (κ1) is 29.1. The van der Waals surface area contributed by atoms with Crippen molar-refractivity contribution in [2.75, 3.05) is 43.4 Å². The van der Waals surface area contributed by atoms with Crippen molar-refractivity contribution in [3.63, 3.8) is 0 Å². The number of halogens is 7. The van der Waals surface area contributed by atoms with Crippen LogP contribution in [-0.4, -0.2) is 71.4 Å². The molecule has 230 valence electrons. The quantitative estimate of drug-likeness (QED) is 0.252. The fraction of sp³-hybridized carbons (Fsp3) is 0.517. The number of piperazine rings is 1. The molecule has 0 radical (unpaired) electrons. The summed E-state index contributed by atoms with van der Waals surface area (Å²) in [7, 11) is 0. The summed E-state index contributed by atoms with van der Waals surface area (Å²) >= 11 is 12.5. The Morgan fingerprint density at radius 3 is 2.53 bits per heavy atom. The van der Waals surface area contributed by atoms with Crippen LogP contribution in [0.3, 0.4) is 0 Å². The van der Waals surface area contributed by atoms with Crippen molar-refractivity contribution >= 4 is 45.6 Å². The van der Waals surface area contributed by atoms with Gasteiger partial charge in [0.05, 0.1) is 21.1 Å². The molecule has 3 N–H and O–H groups in total. The second-order valence-electron chi connectivity index (χ2n) is 12.1. The Morgan fingerprint density at radius 1 is 1.07 bits per heavy atom. The van der Waals surface area contributed by atoms with Crippen LogP contribution in [0.2, 0.25) is 10.0 Å². The van der Waals surface area contributed by atoms with Gasteiger partial charge in [-0.3, -0.25) is 4.90 Å². The van der Waals surface area contributed by atoms with Gasteiger partial charge in [0, 0.05) is 60.3 Å². The van der Waals surface area contributed by atoms with Crippen LogP contribution in [0.4, 0.5) is 33.5 Å². The maximum atomic E-state index is 16.6. The third-order valence-corrected chi connectivity index (χ3v) is 9.85. The highest BCUT2D eigenvalue weighted by molar-refractivity contribution is 6.35. The molecule has 7 nitrogen and oxygen atoms in total. The van der Waals surface area contributed by atoms with Crippen molar-refractivity contribution in [3.05, 3.63) is 39.6 Å². The average Bonchev–Trinajstić information content (AvgIpc) is 3.56. The lowest BCUT2D eigenvalue weighted by atomic mass is 9.95. The van der Waals surface area contributed by atoms with E-state index in [0.29, 0.717) is 31.9 Å². The van der Waals surface area contributed by atoms with Crippen LogP contribution in [0, 0.1) is 5.82 Å². The van der Waals surface area contributed by atoms with Gasteiger partial charge in [0.2, 0.25) is 0 Å². The Bertz CT molecular complexity index is 1600. The number of hydrogen-bond acceptors (Lipinski definition) is 7. The average molecular weight is 643 g/mol. The number of nitrogen functional groups attached to an aromatic ring is 1. The first-order valence-corrected chi connectivity index (χ1v) is 15.1. The van der Waals surface area contributed by atoms with Crippen LogP contribution in [-0.2, 0) is 6.18 Å². The molecule has 0 amide bonds. The summed E-state index contributed by atoms with van der Waals surface area (Å²) in [6.07, 6.45) is -1.96. The van der Waals surface area contributed by atoms with Gasteiger partial charge in [-0.15, -0.1) is 0 Å². The maximum Gasteiger partial charge on any atom is 0.418 e. The number of nitrogens with zero attached hydrogens (tertiary/aromatic N) is 4. The number of rotatable bonds is 5. The van der Waals surface area contributed by atoms with E-state index in [2.05, 4.69) is 20.2 Å². The second kappa shape index (κ2) is 10.5. The predicted octanol–water partition coefficient (Wildman–Crippen LogP) is 6.24. The molecule has 7 rings (SSSR count). The maximum absolute atomic E-state index is 16.6. The van der Waals surface area contributed by atoms with Crippen molar-refractivity contribution in [1.82, 2.24) is 20.2 Å². The summed E-state index contributed by atoms with van der Waals surface area (Å²) in [6.45, 7) is 2.38. The number of hydrogen-bond donors (Lipinski definition) is 2. The lowest BCUT2D eigenvalue weighted by Crippen LogP contribution is -2.51. The first-order chi connectivity index (χ1) is 20.4. The number of benzene rings is 2. The molecule has 4 saturated heterocycles. The molecular formula is C29H29Cl2F5N6O. The van der Waals surface area contributed by atoms with Crippen LogP contribution in [0.5, 0.6) is 6.01 Å². The summed E-state index contributed by atoms with van der Waals surface area (Å²) < 4.78 is 79.5. The normalized spacial score (nSPS) is 27.3. The monoisotopic (exact) mass is 642 g/mol. The minimum atomic E-state index is -4.92. The molecule has 4 aliphatic heterocycles. The Hall–Kier alpha value is -2.67. The third-order valence-electron chi connectivity index (χ3n) is 9.25. The Balaban J connectivity index is 1.38. The van der Waals surface area contributed by atoms with E-state index in [1.807, 2.05) is 4.90 Å². The van der Waals surface area contributed by atoms with E-state index in [1.54, 1.807) is 0 Å². The van der Waals surface area contributed by atoms with E-state index in [0.717, 1.165) is 44.4 Å². The highest BCUT2D eigenvalue weighted by Gasteiger charge is 2.49. The van der Waals surface area contributed by atoms with E-state index in [4.69, 9.17) is 33.7 Å². The number of ether oxygens (including phenoxy) is 1. The molecule has 5 heterocycles. The van der Waals surface area contributed by atoms with Crippen LogP contribution < -0.4 is 20.7 Å². The van der Waals surface area contributed by atoms with Crippen LogP contribution in [0.15, 0.2) is 18.2 Å². The minimum Gasteiger partial charge on any atom is -0.461 e. The Labute approximate surface area is 254 Å². The molecule has 2 bridgehead atoms. The molecule has 1 aromatic heterocycles. The predicted molar refractivity (Wildman–Crippen MR) is 155 cm³/mol. The second-order valence-corrected chi connectivity index (χ2v) is 12.9. The van der Waals surface area contributed by atoms with Crippen LogP contribution >= 0.6 is 23.2 Å². The van der Waals surface area contributed by atoms with Gasteiger partial charge in [-0.25, -0.2) is 8.78 Å². The van der Waals surface area contributed by atoms with Crippen molar-refractivity contribution < 1.29 is 26.7 Å². The van der Waals surface area contributed by atoms with Crippen molar-refractivity contribution in [1.29, 1.82) is 0 Å². The molecule has 2 aromatic carbocycles. The van der Waals surface area contributed by atoms with Crippen LogP contribution in [0.25, 0.3) is 22.0 Å². The number of fused-ring (bicyclic) bond motifs is 4. The summed E-state index contributed by atoms with van der Waals surface area (Å²) in [5.41, 5.74) is 2.64. The van der Waals surface area contributed by atoms with Gasteiger partial charge in [0.1, 0.15) is 24.1 Å². The van der Waals surface area contributed by atoms with E-state index in [9.17, 15) is 17.6 Å². The highest BCUT2D eigenvalue weighted by Crippen LogP contribution is 2.47. The zero-order valence-corrected chi connectivity index (χ0v) is 24.5. The van der Waals surface area contributed by atoms with Gasteiger partial charge >= 0.3 is 12.2 Å². The number of alkyl halides is 4. The molecule has 4 aliphatic rings. The zero-order chi connectivity index (χ0) is 30.3. The molecule has 43 heavy (non-hydrogen) atoms. The van der Waals surface area contributed by atoms with Gasteiger partial charge < -0.3 is 20.7 Å². The van der Waals surface area contributed by atoms with Gasteiger partial charge in [-0.05, 0) is 50.4 Å². The third kappa shape index (κ3) is 5.04. The molecule has 0 saturated carbocycles. The zero-order valence-electron chi connectivity index (χ0n) is 23.0. The van der Waals surface area contributed by atoms with Crippen molar-refractivity contribution in [2.45, 2.75) is 62.1 Å². The molecule has 14 heteroatoms. The van der Waals surface area contributed by atoms with Gasteiger partial charge in [-0.1, -0.05) is 23.2 Å². The summed E-state index contributed by atoms with van der Waals surface area (Å²) in [4.78, 5) is 13.1. The summed E-state index contributed by atoms with van der Waals surface area (Å²) in [6, 6.07) is 3.63. The minimum absolute atomic E-state index is 0.0876. The van der Waals surface area contributed by atoms with Crippen molar-refractivity contribution in [2.24, 2.45) is 0 Å². The Kier molecular flexibility index (Phi) is 7.07. The first-order valence-electron chi connectivity index (χ1n) is 14.3.